The van der Waals surface area contributed by atoms with Crippen molar-refractivity contribution in [1.29, 1.82) is 0 Å². The number of para-hydroxylation sites is 1. The second-order valence-corrected chi connectivity index (χ2v) is 13.2. The Kier molecular flexibility index (Phi) is 7.67. The first-order valence-corrected chi connectivity index (χ1v) is 17.0. The topological polar surface area (TPSA) is 53.6 Å². The monoisotopic (exact) mass is 664 g/mol. The lowest BCUT2D eigenvalue weighted by Gasteiger charge is -2.27. The van der Waals surface area contributed by atoms with Gasteiger partial charge in [0.25, 0.3) is 0 Å². The van der Waals surface area contributed by atoms with Crippen LogP contribution in [0.25, 0.3) is 88.0 Å². The molecule has 9 aromatic rings. The Morgan fingerprint density at radius 3 is 1.32 bits per heavy atom. The molecule has 2 N–H and O–H groups in total. The van der Waals surface area contributed by atoms with Gasteiger partial charge in [-0.05, 0) is 83.5 Å². The van der Waals surface area contributed by atoms with Gasteiger partial charge < -0.3 is 14.6 Å². The number of rotatable bonds is 4. The Balaban J connectivity index is 1.41. The van der Waals surface area contributed by atoms with Gasteiger partial charge in [0.2, 0.25) is 0 Å². The number of benzene rings is 8. The number of hydrogen-bond acceptors (Lipinski definition) is 3. The molecule has 0 atom stereocenters. The fourth-order valence-corrected chi connectivity index (χ4v) is 7.84. The summed E-state index contributed by atoms with van der Waals surface area (Å²) in [6.45, 7) is 0. The zero-order valence-corrected chi connectivity index (χ0v) is 28.3. The molecule has 53 heavy (non-hydrogen) atoms. The number of aromatic hydroxyl groups is 2. The number of phenolic OH excluding ortho intramolecular Hbond substituents is 2. The zero-order valence-electron chi connectivity index (χ0n) is 28.3. The maximum atomic E-state index is 11.2. The fourth-order valence-electron chi connectivity index (χ4n) is 7.84. The molecule has 0 aliphatic carbocycles. The summed E-state index contributed by atoms with van der Waals surface area (Å²) >= 11 is 0. The average Bonchev–Trinajstić information content (AvgIpc) is 3.58. The Morgan fingerprint density at radius 1 is 0.340 bits per heavy atom. The van der Waals surface area contributed by atoms with Crippen molar-refractivity contribution in [3.05, 3.63) is 121 Å². The van der Waals surface area contributed by atoms with Crippen LogP contribution in [0.3, 0.4) is 0 Å². The molecule has 1 heterocycles. The lowest BCUT2D eigenvalue weighted by atomic mass is 9.65. The first kappa shape index (κ1) is 32.9. The van der Waals surface area contributed by atoms with E-state index in [1.807, 2.05) is 97.1 Å². The average molecular weight is 664 g/mol. The smallest absolute Gasteiger partial charge is 0.136 e. The molecule has 0 amide bonds. The normalized spacial score (nSPS) is 11.6. The van der Waals surface area contributed by atoms with Gasteiger partial charge in [-0.15, -0.1) is 0 Å². The van der Waals surface area contributed by atoms with Gasteiger partial charge in [-0.25, -0.2) is 0 Å². The molecule has 9 rings (SSSR count). The van der Waals surface area contributed by atoms with Crippen LogP contribution in [0, 0.1) is 0 Å². The van der Waals surface area contributed by atoms with E-state index < -0.39 is 0 Å². The molecule has 0 spiro atoms. The van der Waals surface area contributed by atoms with Crippen LogP contribution < -0.4 is 32.8 Å². The summed E-state index contributed by atoms with van der Waals surface area (Å²) in [5, 5.41) is 26.1. The van der Waals surface area contributed by atoms with Gasteiger partial charge in [0.1, 0.15) is 69.7 Å². The molecule has 9 heteroatoms. The lowest BCUT2D eigenvalue weighted by Crippen LogP contribution is -2.35. The van der Waals surface area contributed by atoms with Crippen LogP contribution in [-0.4, -0.2) is 57.3 Å². The van der Waals surface area contributed by atoms with E-state index in [9.17, 15) is 10.2 Å². The minimum Gasteiger partial charge on any atom is -0.509 e. The van der Waals surface area contributed by atoms with Gasteiger partial charge in [-0.1, -0.05) is 131 Å². The van der Waals surface area contributed by atoms with Gasteiger partial charge in [0, 0.05) is 16.3 Å². The van der Waals surface area contributed by atoms with Crippen LogP contribution in [0.15, 0.2) is 126 Å². The molecule has 0 aliphatic heterocycles. The molecule has 0 aliphatic rings. The molecule has 0 fully saturated rings. The largest absolute Gasteiger partial charge is 0.509 e. The van der Waals surface area contributed by atoms with Gasteiger partial charge >= 0.3 is 0 Å². The summed E-state index contributed by atoms with van der Waals surface area (Å²) in [4.78, 5) is 0. The molecular formula is C44H22B6O3. The summed E-state index contributed by atoms with van der Waals surface area (Å²) < 4.78 is 6.32. The van der Waals surface area contributed by atoms with Crippen molar-refractivity contribution in [2.45, 2.75) is 0 Å². The summed E-state index contributed by atoms with van der Waals surface area (Å²) in [5.41, 5.74) is 8.15. The molecule has 234 valence electrons. The van der Waals surface area contributed by atoms with E-state index in [0.717, 1.165) is 44.2 Å². The second kappa shape index (κ2) is 12.3. The Morgan fingerprint density at radius 2 is 0.774 bits per heavy atom. The van der Waals surface area contributed by atoms with Crippen LogP contribution >= 0.6 is 0 Å². The van der Waals surface area contributed by atoms with Crippen molar-refractivity contribution < 1.29 is 14.6 Å². The van der Waals surface area contributed by atoms with Crippen molar-refractivity contribution in [1.82, 2.24) is 0 Å². The number of phenols is 2. The number of furan rings is 1. The van der Waals surface area contributed by atoms with Crippen LogP contribution in [-0.2, 0) is 0 Å². The summed E-state index contributed by atoms with van der Waals surface area (Å²) in [5.74, 6) is -0.708. The van der Waals surface area contributed by atoms with Crippen LogP contribution in [0.5, 0.6) is 11.5 Å². The third-order valence-corrected chi connectivity index (χ3v) is 10.3. The van der Waals surface area contributed by atoms with Gasteiger partial charge in [-0.3, -0.25) is 0 Å². The van der Waals surface area contributed by atoms with Crippen LogP contribution in [0.2, 0.25) is 0 Å². The standard InChI is InChI=1S/C44H22B6O3/c45-37-33-31(34-36(40(48)44(52)42(50)38(34)46)30(22-11-5-2-6-12-22)35(33)39(47)43(51)41(37)49)24-17-15-23(16-18-24)29-25(21-9-3-1-4-10-21)19-20-28-32(29)26-13-7-8-14-27(26)53-28/h1-20,51-52H. The van der Waals surface area contributed by atoms with E-state index >= 15 is 0 Å². The Hall–Kier alpha value is -5.93. The second-order valence-electron chi connectivity index (χ2n) is 13.2. The highest BCUT2D eigenvalue weighted by Gasteiger charge is 2.26. The van der Waals surface area contributed by atoms with E-state index in [2.05, 4.69) is 24.3 Å². The van der Waals surface area contributed by atoms with E-state index in [1.165, 1.54) is 0 Å². The minimum atomic E-state index is -0.354. The molecule has 8 aromatic carbocycles. The van der Waals surface area contributed by atoms with Crippen molar-refractivity contribution in [3.8, 4) is 56.0 Å². The quantitative estimate of drug-likeness (QED) is 0.212. The lowest BCUT2D eigenvalue weighted by molar-refractivity contribution is 0.484. The van der Waals surface area contributed by atoms with E-state index in [-0.39, 0.29) is 44.3 Å². The van der Waals surface area contributed by atoms with Crippen molar-refractivity contribution in [2.75, 3.05) is 0 Å². The molecule has 0 saturated carbocycles. The molecule has 0 bridgehead atoms. The molecular weight excluding hydrogens is 641 g/mol. The number of hydrogen-bond donors (Lipinski definition) is 2. The molecule has 1 aromatic heterocycles. The van der Waals surface area contributed by atoms with Crippen molar-refractivity contribution >= 4 is 123 Å². The van der Waals surface area contributed by atoms with E-state index in [1.54, 1.807) is 0 Å². The summed E-state index contributed by atoms with van der Waals surface area (Å²) in [6, 6.07) is 39.7. The summed E-state index contributed by atoms with van der Waals surface area (Å²) in [7, 11) is 40.0. The van der Waals surface area contributed by atoms with Crippen molar-refractivity contribution in [3.63, 3.8) is 0 Å². The highest BCUT2D eigenvalue weighted by Crippen LogP contribution is 2.45. The Bertz CT molecular complexity index is 2880. The Labute approximate surface area is 314 Å². The van der Waals surface area contributed by atoms with Crippen molar-refractivity contribution in [2.24, 2.45) is 0 Å². The molecule has 3 nitrogen and oxygen atoms in total. The highest BCUT2D eigenvalue weighted by atomic mass is 16.3. The van der Waals surface area contributed by atoms with Crippen LogP contribution in [0.1, 0.15) is 0 Å². The molecule has 0 saturated heterocycles. The highest BCUT2D eigenvalue weighted by molar-refractivity contribution is 6.64. The molecule has 0 unspecified atom stereocenters. The number of fused-ring (bicyclic) bond motifs is 5. The summed E-state index contributed by atoms with van der Waals surface area (Å²) in [6.07, 6.45) is 0. The maximum absolute atomic E-state index is 11.2. The van der Waals surface area contributed by atoms with Gasteiger partial charge in [0.05, 0.1) is 0 Å². The predicted molar refractivity (Wildman–Crippen MR) is 226 cm³/mol. The van der Waals surface area contributed by atoms with Gasteiger partial charge in [0.15, 0.2) is 0 Å². The van der Waals surface area contributed by atoms with E-state index in [4.69, 9.17) is 51.5 Å². The predicted octanol–water partition coefficient (Wildman–Crippen LogP) is 4.73. The van der Waals surface area contributed by atoms with Crippen LogP contribution in [0.4, 0.5) is 0 Å². The zero-order chi connectivity index (χ0) is 36.7. The molecule has 12 radical (unpaired) electrons. The third-order valence-electron chi connectivity index (χ3n) is 10.3. The maximum Gasteiger partial charge on any atom is 0.136 e. The first-order valence-electron chi connectivity index (χ1n) is 17.0. The fraction of sp³-hybridized carbons (Fsp3) is 0. The third kappa shape index (κ3) is 4.83. The SMILES string of the molecule is [B]c1c(O)c([B])c2c(-c3ccccc3)c3c([B])c(O)c([B])c([B])c3c(-c3ccc(-c4c(-c5ccccc5)ccc5oc6ccccc6c45)cc3)c2c1[B]. The van der Waals surface area contributed by atoms with Gasteiger partial charge in [-0.2, -0.15) is 0 Å². The minimum absolute atomic E-state index is 0.00521. The first-order chi connectivity index (χ1) is 25.7. The van der Waals surface area contributed by atoms with E-state index in [0.29, 0.717) is 43.8 Å².